The maximum Gasteiger partial charge on any atom is 0.239 e. The van der Waals surface area contributed by atoms with E-state index in [0.717, 1.165) is 4.31 Å². The van der Waals surface area contributed by atoms with Gasteiger partial charge in [0.05, 0.1) is 0 Å². The van der Waals surface area contributed by atoms with E-state index in [4.69, 9.17) is 0 Å². The third kappa shape index (κ3) is 1.85. The van der Waals surface area contributed by atoms with E-state index in [-0.39, 0.29) is 29.8 Å². The third-order valence-electron chi connectivity index (χ3n) is 1.72. The minimum atomic E-state index is -0.948. The standard InChI is InChI=1S/C8H11NO3S/c1-3-13(6(2)10)9-7(11)4-5-8(9)12/h3H,4-5H2,1-2H3. The lowest BCUT2D eigenvalue weighted by molar-refractivity contribution is -0.132. The van der Waals surface area contributed by atoms with E-state index in [2.05, 4.69) is 0 Å². The molecule has 72 valence electrons. The van der Waals surface area contributed by atoms with Crippen molar-refractivity contribution in [2.75, 3.05) is 0 Å². The Morgan fingerprint density at radius 1 is 1.38 bits per heavy atom. The van der Waals surface area contributed by atoms with Crippen LogP contribution in [0.2, 0.25) is 0 Å². The van der Waals surface area contributed by atoms with Crippen molar-refractivity contribution >= 4 is 33.0 Å². The van der Waals surface area contributed by atoms with E-state index >= 15 is 0 Å². The molecular weight excluding hydrogens is 190 g/mol. The van der Waals surface area contributed by atoms with Gasteiger partial charge in [0.25, 0.3) is 0 Å². The molecule has 0 N–H and O–H groups in total. The second kappa shape index (κ2) is 3.83. The van der Waals surface area contributed by atoms with Gasteiger partial charge in [-0.1, -0.05) is 0 Å². The number of carbonyl (C=O) groups excluding carboxylic acids is 3. The van der Waals surface area contributed by atoms with Crippen LogP contribution in [0.1, 0.15) is 26.7 Å². The minimum absolute atomic E-state index is 0.147. The lowest BCUT2D eigenvalue weighted by Gasteiger charge is -2.15. The predicted molar refractivity (Wildman–Crippen MR) is 51.1 cm³/mol. The molecule has 2 amide bonds. The molecule has 0 spiro atoms. The number of hydrogen-bond donors (Lipinski definition) is 0. The van der Waals surface area contributed by atoms with Crippen LogP contribution < -0.4 is 0 Å². The molecule has 1 aliphatic heterocycles. The van der Waals surface area contributed by atoms with Gasteiger partial charge in [0, 0.05) is 19.8 Å². The van der Waals surface area contributed by atoms with E-state index < -0.39 is 10.7 Å². The molecule has 13 heavy (non-hydrogen) atoms. The largest absolute Gasteiger partial charge is 0.286 e. The smallest absolute Gasteiger partial charge is 0.239 e. The first-order valence-electron chi connectivity index (χ1n) is 3.97. The van der Waals surface area contributed by atoms with Crippen LogP contribution in [0.4, 0.5) is 0 Å². The highest BCUT2D eigenvalue weighted by atomic mass is 32.2. The summed E-state index contributed by atoms with van der Waals surface area (Å²) in [5.41, 5.74) is 0. The summed E-state index contributed by atoms with van der Waals surface area (Å²) in [7, 11) is -0.948. The quantitative estimate of drug-likeness (QED) is 0.463. The topological polar surface area (TPSA) is 54.5 Å². The molecule has 1 atom stereocenters. The summed E-state index contributed by atoms with van der Waals surface area (Å²) >= 11 is 0. The fourth-order valence-electron chi connectivity index (χ4n) is 1.18. The van der Waals surface area contributed by atoms with Crippen LogP contribution in [0.25, 0.3) is 0 Å². The van der Waals surface area contributed by atoms with Crippen molar-refractivity contribution in [1.82, 2.24) is 4.31 Å². The van der Waals surface area contributed by atoms with Crippen LogP contribution in [0.15, 0.2) is 0 Å². The van der Waals surface area contributed by atoms with E-state index in [0.29, 0.717) is 0 Å². The van der Waals surface area contributed by atoms with Crippen molar-refractivity contribution in [2.24, 2.45) is 0 Å². The summed E-state index contributed by atoms with van der Waals surface area (Å²) in [6, 6.07) is 0. The molecule has 1 heterocycles. The molecule has 0 bridgehead atoms. The van der Waals surface area contributed by atoms with Gasteiger partial charge in [0.2, 0.25) is 11.8 Å². The van der Waals surface area contributed by atoms with Crippen molar-refractivity contribution in [3.8, 4) is 0 Å². The van der Waals surface area contributed by atoms with Gasteiger partial charge in [-0.05, 0) is 23.0 Å². The van der Waals surface area contributed by atoms with Gasteiger partial charge in [0.1, 0.15) is 0 Å². The summed E-state index contributed by atoms with van der Waals surface area (Å²) in [6.45, 7) is 3.07. The Morgan fingerprint density at radius 2 is 1.85 bits per heavy atom. The average molecular weight is 201 g/mol. The SMILES string of the molecule is CC=S(C(C)=O)N1C(=O)CCC1=O. The number of hydrogen-bond acceptors (Lipinski definition) is 3. The summed E-state index contributed by atoms with van der Waals surface area (Å²) < 4.78 is 1.09. The maximum absolute atomic E-state index is 11.2. The van der Waals surface area contributed by atoms with Crippen molar-refractivity contribution in [3.63, 3.8) is 0 Å². The highest BCUT2D eigenvalue weighted by molar-refractivity contribution is 8.26. The molecule has 1 aliphatic rings. The first kappa shape index (κ1) is 10.1. The number of nitrogens with zero attached hydrogens (tertiary/aromatic N) is 1. The summed E-state index contributed by atoms with van der Waals surface area (Å²) in [5.74, 6) is -0.469. The Kier molecular flexibility index (Phi) is 2.98. The summed E-state index contributed by atoms with van der Waals surface area (Å²) in [6.07, 6.45) is 0.479. The highest BCUT2D eigenvalue weighted by Crippen LogP contribution is 2.27. The molecule has 4 nitrogen and oxygen atoms in total. The number of amides is 2. The highest BCUT2D eigenvalue weighted by Gasteiger charge is 2.32. The van der Waals surface area contributed by atoms with Crippen LogP contribution in [0.3, 0.4) is 0 Å². The van der Waals surface area contributed by atoms with Crippen molar-refractivity contribution in [1.29, 1.82) is 0 Å². The molecule has 0 aromatic rings. The Hall–Kier alpha value is -0.970. The first-order chi connectivity index (χ1) is 6.07. The first-order valence-corrected chi connectivity index (χ1v) is 5.21. The molecule has 0 radical (unpaired) electrons. The van der Waals surface area contributed by atoms with Gasteiger partial charge >= 0.3 is 0 Å². The van der Waals surface area contributed by atoms with Crippen molar-refractivity contribution in [3.05, 3.63) is 0 Å². The lowest BCUT2D eigenvalue weighted by atomic mass is 10.4. The Labute approximate surface area is 79.0 Å². The molecule has 0 aromatic carbocycles. The normalized spacial score (nSPS) is 19.7. The molecule has 1 rings (SSSR count). The number of imide groups is 1. The number of carbonyl (C=O) groups is 3. The fraction of sp³-hybridized carbons (Fsp3) is 0.500. The van der Waals surface area contributed by atoms with E-state index in [9.17, 15) is 14.4 Å². The molecule has 5 heteroatoms. The van der Waals surface area contributed by atoms with Gasteiger partial charge in [-0.3, -0.25) is 14.4 Å². The second-order valence-electron chi connectivity index (χ2n) is 2.62. The molecule has 1 fully saturated rings. The average Bonchev–Trinajstić information content (AvgIpc) is 2.36. The summed E-state index contributed by atoms with van der Waals surface area (Å²) in [5, 5.41) is 1.45. The van der Waals surface area contributed by atoms with Crippen LogP contribution in [-0.2, 0) is 14.4 Å². The van der Waals surface area contributed by atoms with Gasteiger partial charge < -0.3 is 0 Å². The predicted octanol–water partition coefficient (Wildman–Crippen LogP) is 0.688. The Morgan fingerprint density at radius 3 is 2.15 bits per heavy atom. The fourth-order valence-corrected chi connectivity index (χ4v) is 2.60. The van der Waals surface area contributed by atoms with Crippen LogP contribution in [-0.4, -0.2) is 26.6 Å². The zero-order chi connectivity index (χ0) is 10.0. The second-order valence-corrected chi connectivity index (χ2v) is 4.66. The third-order valence-corrected chi connectivity index (χ3v) is 3.56. The Bertz CT molecular complexity index is 293. The zero-order valence-electron chi connectivity index (χ0n) is 7.57. The molecule has 1 unspecified atom stereocenters. The molecule has 0 saturated carbocycles. The van der Waals surface area contributed by atoms with Crippen LogP contribution in [0.5, 0.6) is 0 Å². The van der Waals surface area contributed by atoms with Gasteiger partial charge in [-0.25, -0.2) is 4.31 Å². The maximum atomic E-state index is 11.2. The van der Waals surface area contributed by atoms with E-state index in [1.807, 2.05) is 0 Å². The van der Waals surface area contributed by atoms with E-state index in [1.165, 1.54) is 6.92 Å². The van der Waals surface area contributed by atoms with Gasteiger partial charge in [-0.15, -0.1) is 0 Å². The monoisotopic (exact) mass is 201 g/mol. The Balaban J connectivity index is 2.98. The summed E-state index contributed by atoms with van der Waals surface area (Å²) in [4.78, 5) is 33.5. The van der Waals surface area contributed by atoms with Gasteiger partial charge in [0.15, 0.2) is 5.12 Å². The molecule has 0 aromatic heterocycles. The van der Waals surface area contributed by atoms with Crippen LogP contribution >= 0.6 is 10.7 Å². The van der Waals surface area contributed by atoms with Gasteiger partial charge in [-0.2, -0.15) is 0 Å². The lowest BCUT2D eigenvalue weighted by Crippen LogP contribution is -2.25. The van der Waals surface area contributed by atoms with Crippen molar-refractivity contribution in [2.45, 2.75) is 26.7 Å². The number of rotatable bonds is 1. The zero-order valence-corrected chi connectivity index (χ0v) is 8.39. The molecule has 0 aliphatic carbocycles. The van der Waals surface area contributed by atoms with Crippen molar-refractivity contribution < 1.29 is 14.4 Å². The molecular formula is C8H11NO3S. The van der Waals surface area contributed by atoms with E-state index in [1.54, 1.807) is 12.3 Å². The molecule has 1 saturated heterocycles. The minimum Gasteiger partial charge on any atom is -0.286 e. The van der Waals surface area contributed by atoms with Crippen LogP contribution in [0, 0.1) is 0 Å².